The maximum absolute atomic E-state index is 13.1. The molecule has 0 unspecified atom stereocenters. The normalized spacial score (nSPS) is 19.9. The van der Waals surface area contributed by atoms with E-state index in [9.17, 15) is 21.6 Å². The molecule has 2 heterocycles. The second-order valence-electron chi connectivity index (χ2n) is 7.74. The van der Waals surface area contributed by atoms with Gasteiger partial charge in [-0.05, 0) is 37.5 Å². The molecule has 2 saturated heterocycles. The molecule has 174 valence electrons. The van der Waals surface area contributed by atoms with Crippen molar-refractivity contribution in [3.63, 3.8) is 0 Å². The molecule has 31 heavy (non-hydrogen) atoms. The van der Waals surface area contributed by atoms with Gasteiger partial charge in [-0.1, -0.05) is 6.07 Å². The number of amides is 1. The molecule has 10 nitrogen and oxygen atoms in total. The van der Waals surface area contributed by atoms with Gasteiger partial charge in [0.25, 0.3) is 0 Å². The van der Waals surface area contributed by atoms with Crippen LogP contribution in [0.15, 0.2) is 23.1 Å². The molecule has 1 aromatic rings. The highest BCUT2D eigenvalue weighted by Gasteiger charge is 2.30. The van der Waals surface area contributed by atoms with Crippen molar-refractivity contribution < 1.29 is 31.1 Å². The number of nitrogens with one attached hydrogen (secondary N) is 1. The third-order valence-corrected chi connectivity index (χ3v) is 8.56. The van der Waals surface area contributed by atoms with E-state index in [1.165, 1.54) is 14.9 Å². The predicted molar refractivity (Wildman–Crippen MR) is 115 cm³/mol. The molecule has 0 radical (unpaired) electrons. The molecule has 0 atom stereocenters. The number of sulfonamides is 2. The van der Waals surface area contributed by atoms with E-state index in [4.69, 9.17) is 9.47 Å². The van der Waals surface area contributed by atoms with Crippen molar-refractivity contribution in [2.75, 3.05) is 57.6 Å². The van der Waals surface area contributed by atoms with E-state index in [-0.39, 0.29) is 36.4 Å². The number of ether oxygens (including phenoxy) is 2. The summed E-state index contributed by atoms with van der Waals surface area (Å²) in [6, 6.07) is 4.85. The van der Waals surface area contributed by atoms with Gasteiger partial charge in [0.1, 0.15) is 11.5 Å². The van der Waals surface area contributed by atoms with Crippen molar-refractivity contribution in [2.45, 2.75) is 30.8 Å². The number of carbonyl (C=O) groups excluding carboxylic acids is 1. The Morgan fingerprint density at radius 1 is 1.10 bits per heavy atom. The van der Waals surface area contributed by atoms with Crippen LogP contribution in [-0.2, 0) is 34.3 Å². The van der Waals surface area contributed by atoms with Crippen LogP contribution in [0, 0.1) is 6.92 Å². The minimum Gasteiger partial charge on any atom is -0.379 e. The Labute approximate surface area is 183 Å². The van der Waals surface area contributed by atoms with Gasteiger partial charge in [0, 0.05) is 26.2 Å². The lowest BCUT2D eigenvalue weighted by Gasteiger charge is -2.30. The van der Waals surface area contributed by atoms with Crippen molar-refractivity contribution in [2.24, 2.45) is 0 Å². The lowest BCUT2D eigenvalue weighted by Crippen LogP contribution is -2.41. The van der Waals surface area contributed by atoms with E-state index in [1.807, 2.05) is 0 Å². The van der Waals surface area contributed by atoms with Crippen LogP contribution in [0.3, 0.4) is 0 Å². The monoisotopic (exact) mass is 475 g/mol. The van der Waals surface area contributed by atoms with Crippen LogP contribution in [0.5, 0.6) is 0 Å². The Balaban J connectivity index is 1.62. The fourth-order valence-corrected chi connectivity index (χ4v) is 6.10. The average molecular weight is 476 g/mol. The largest absolute Gasteiger partial charge is 0.379 e. The number of anilines is 1. The Morgan fingerprint density at radius 3 is 2.35 bits per heavy atom. The number of hydrogen-bond donors (Lipinski definition) is 1. The summed E-state index contributed by atoms with van der Waals surface area (Å²) in [5.41, 5.74) is 0.969. The fraction of sp³-hybridized carbons (Fsp3) is 0.632. The fourth-order valence-electron chi connectivity index (χ4n) is 3.58. The molecule has 3 rings (SSSR count). The maximum Gasteiger partial charge on any atom is 0.250 e. The number of hydrogen-bond acceptors (Lipinski definition) is 7. The summed E-state index contributed by atoms with van der Waals surface area (Å²) in [6.45, 7) is 3.44. The molecular formula is C19H29N3O7S2. The Hall–Kier alpha value is -1.57. The zero-order chi connectivity index (χ0) is 22.6. The molecule has 1 N–H and O–H groups in total. The molecule has 1 aromatic carbocycles. The van der Waals surface area contributed by atoms with E-state index in [1.54, 1.807) is 25.1 Å². The first kappa shape index (κ1) is 24.1. The van der Waals surface area contributed by atoms with Crippen LogP contribution >= 0.6 is 0 Å². The second kappa shape index (κ2) is 9.92. The van der Waals surface area contributed by atoms with Crippen molar-refractivity contribution in [1.82, 2.24) is 8.61 Å². The van der Waals surface area contributed by atoms with Crippen molar-refractivity contribution in [3.8, 4) is 0 Å². The summed E-state index contributed by atoms with van der Waals surface area (Å²) < 4.78 is 62.9. The van der Waals surface area contributed by atoms with Crippen LogP contribution in [-0.4, -0.2) is 89.7 Å². The highest BCUT2D eigenvalue weighted by molar-refractivity contribution is 7.89. The summed E-state index contributed by atoms with van der Waals surface area (Å²) in [5, 5.41) is 2.65. The topological polar surface area (TPSA) is 122 Å². The van der Waals surface area contributed by atoms with E-state index in [2.05, 4.69) is 5.32 Å². The molecule has 0 saturated carbocycles. The molecule has 12 heteroatoms. The third kappa shape index (κ3) is 6.24. The molecule has 0 bridgehead atoms. The van der Waals surface area contributed by atoms with Gasteiger partial charge in [-0.3, -0.25) is 4.79 Å². The third-order valence-electron chi connectivity index (χ3n) is 5.32. The van der Waals surface area contributed by atoms with Crippen molar-refractivity contribution in [1.29, 1.82) is 0 Å². The molecule has 2 aliphatic rings. The number of rotatable bonds is 7. The van der Waals surface area contributed by atoms with Crippen LogP contribution < -0.4 is 5.32 Å². The van der Waals surface area contributed by atoms with Gasteiger partial charge in [0.15, 0.2) is 0 Å². The number of carbonyl (C=O) groups is 1. The minimum absolute atomic E-state index is 0.0456. The second-order valence-corrected chi connectivity index (χ2v) is 11.6. The Bertz CT molecular complexity index is 997. The van der Waals surface area contributed by atoms with Gasteiger partial charge in [-0.15, -0.1) is 0 Å². The number of benzene rings is 1. The summed E-state index contributed by atoms with van der Waals surface area (Å²) in [5.74, 6) is -0.465. The van der Waals surface area contributed by atoms with E-state index >= 15 is 0 Å². The number of nitrogens with zero attached hydrogens (tertiary/aromatic N) is 2. The molecule has 0 aromatic heterocycles. The van der Waals surface area contributed by atoms with Crippen LogP contribution in [0.4, 0.5) is 5.69 Å². The predicted octanol–water partition coefficient (Wildman–Crippen LogP) is 0.395. The van der Waals surface area contributed by atoms with Crippen molar-refractivity contribution >= 4 is 31.6 Å². The zero-order valence-electron chi connectivity index (χ0n) is 17.7. The molecular weight excluding hydrogens is 446 g/mol. The van der Waals surface area contributed by atoms with Crippen LogP contribution in [0.2, 0.25) is 0 Å². The number of piperidine rings is 1. The quantitative estimate of drug-likeness (QED) is 0.605. The van der Waals surface area contributed by atoms with Gasteiger partial charge < -0.3 is 14.8 Å². The first-order valence-electron chi connectivity index (χ1n) is 10.1. The maximum atomic E-state index is 13.1. The molecule has 2 aliphatic heterocycles. The molecule has 2 fully saturated rings. The summed E-state index contributed by atoms with van der Waals surface area (Å²) in [4.78, 5) is 12.5. The number of morpholine rings is 1. The molecule has 1 amide bonds. The summed E-state index contributed by atoms with van der Waals surface area (Å²) in [7, 11) is -7.00. The Kier molecular flexibility index (Phi) is 7.71. The highest BCUT2D eigenvalue weighted by Crippen LogP contribution is 2.27. The first-order valence-corrected chi connectivity index (χ1v) is 13.4. The lowest BCUT2D eigenvalue weighted by atomic mass is 10.1. The number of aryl methyl sites for hydroxylation is 1. The van der Waals surface area contributed by atoms with Crippen molar-refractivity contribution in [3.05, 3.63) is 23.8 Å². The van der Waals surface area contributed by atoms with E-state index in [0.717, 1.165) is 5.56 Å². The van der Waals surface area contributed by atoms with E-state index < -0.39 is 26.0 Å². The standard InChI is InChI=1S/C19H29N3O7S2/c1-15-3-4-17(18(13-15)31(26,27)22-9-11-28-12-10-22)20-19(23)14-29-16-5-7-21(8-6-16)30(2,24)25/h3-4,13,16H,5-12,14H2,1-2H3,(H,20,23). The SMILES string of the molecule is Cc1ccc(NC(=O)COC2CCN(S(C)(=O)=O)CC2)c(S(=O)(=O)N2CCOCC2)c1. The zero-order valence-corrected chi connectivity index (χ0v) is 19.4. The molecule has 0 aliphatic carbocycles. The van der Waals surface area contributed by atoms with Gasteiger partial charge >= 0.3 is 0 Å². The first-order chi connectivity index (χ1) is 14.6. The van der Waals surface area contributed by atoms with Crippen LogP contribution in [0.25, 0.3) is 0 Å². The summed E-state index contributed by atoms with van der Waals surface area (Å²) in [6.07, 6.45) is 1.95. The van der Waals surface area contributed by atoms with Gasteiger partial charge in [-0.2, -0.15) is 4.31 Å². The summed E-state index contributed by atoms with van der Waals surface area (Å²) >= 11 is 0. The Morgan fingerprint density at radius 2 is 1.74 bits per heavy atom. The molecule has 0 spiro atoms. The van der Waals surface area contributed by atoms with Gasteiger partial charge in [-0.25, -0.2) is 21.1 Å². The van der Waals surface area contributed by atoms with E-state index in [0.29, 0.717) is 39.1 Å². The minimum atomic E-state index is -3.78. The van der Waals surface area contributed by atoms with Crippen LogP contribution in [0.1, 0.15) is 18.4 Å². The average Bonchev–Trinajstić information content (AvgIpc) is 2.74. The van der Waals surface area contributed by atoms with Gasteiger partial charge in [0.05, 0.1) is 31.3 Å². The smallest absolute Gasteiger partial charge is 0.250 e. The highest BCUT2D eigenvalue weighted by atomic mass is 32.2. The lowest BCUT2D eigenvalue weighted by molar-refractivity contribution is -0.123. The van der Waals surface area contributed by atoms with Gasteiger partial charge in [0.2, 0.25) is 26.0 Å².